The molecule has 3 fully saturated rings. The van der Waals surface area contributed by atoms with Gasteiger partial charge in [-0.05, 0) is 52.0 Å². The fourth-order valence-electron chi connectivity index (χ4n) is 5.38. The van der Waals surface area contributed by atoms with Crippen molar-refractivity contribution in [3.8, 4) is 0 Å². The maximum atomic E-state index is 6.14. The lowest BCUT2D eigenvalue weighted by Crippen LogP contribution is -2.38. The second kappa shape index (κ2) is 8.61. The Balaban J connectivity index is 1.26. The van der Waals surface area contributed by atoms with Crippen LogP contribution in [0.15, 0.2) is 30.9 Å². The molecule has 8 nitrogen and oxygen atoms in total. The van der Waals surface area contributed by atoms with Crippen molar-refractivity contribution >= 4 is 5.82 Å². The average Bonchev–Trinajstić information content (AvgIpc) is 3.44. The molecule has 2 N–H and O–H groups in total. The molecule has 4 heterocycles. The molecule has 2 aromatic rings. The molecule has 2 saturated heterocycles. The first kappa shape index (κ1) is 19.9. The summed E-state index contributed by atoms with van der Waals surface area (Å²) in [6.45, 7) is 6.24. The number of fused-ring (bicyclic) bond motifs is 1. The molecule has 0 radical (unpaired) electrons. The van der Waals surface area contributed by atoms with Crippen molar-refractivity contribution in [2.24, 2.45) is 5.92 Å². The quantitative estimate of drug-likeness (QED) is 0.783. The number of hydrazine groups is 1. The van der Waals surface area contributed by atoms with Gasteiger partial charge in [-0.1, -0.05) is 0 Å². The Kier molecular flexibility index (Phi) is 5.71. The molecule has 30 heavy (non-hydrogen) atoms. The molecular weight excluding hydrogens is 378 g/mol. The number of nitrogens with zero attached hydrogens (tertiary/aromatic N) is 5. The van der Waals surface area contributed by atoms with Crippen LogP contribution in [0, 0.1) is 5.92 Å². The molecule has 162 valence electrons. The summed E-state index contributed by atoms with van der Waals surface area (Å²) >= 11 is 0. The van der Waals surface area contributed by atoms with Gasteiger partial charge in [0.2, 0.25) is 0 Å². The summed E-state index contributed by atoms with van der Waals surface area (Å²) in [4.78, 5) is 11.6. The van der Waals surface area contributed by atoms with E-state index in [1.807, 2.05) is 12.3 Å². The molecule has 1 aliphatic carbocycles. The Morgan fingerprint density at radius 1 is 1.10 bits per heavy atom. The first-order valence-electron chi connectivity index (χ1n) is 11.4. The monoisotopic (exact) mass is 411 g/mol. The van der Waals surface area contributed by atoms with E-state index in [1.165, 1.54) is 0 Å². The van der Waals surface area contributed by atoms with Gasteiger partial charge in [0, 0.05) is 43.5 Å². The van der Waals surface area contributed by atoms with Gasteiger partial charge in [0.25, 0.3) is 0 Å². The van der Waals surface area contributed by atoms with E-state index in [2.05, 4.69) is 61.6 Å². The number of ether oxygens (including phenoxy) is 1. The number of rotatable bonds is 5. The van der Waals surface area contributed by atoms with E-state index in [-0.39, 0.29) is 12.1 Å². The fourth-order valence-corrected chi connectivity index (χ4v) is 5.38. The molecule has 4 atom stereocenters. The van der Waals surface area contributed by atoms with E-state index in [0.717, 1.165) is 56.7 Å². The van der Waals surface area contributed by atoms with E-state index in [1.54, 1.807) is 6.33 Å². The molecule has 8 heteroatoms. The average molecular weight is 412 g/mol. The van der Waals surface area contributed by atoms with Gasteiger partial charge >= 0.3 is 0 Å². The zero-order chi connectivity index (χ0) is 20.5. The minimum Gasteiger partial charge on any atom is -0.376 e. The van der Waals surface area contributed by atoms with Crippen molar-refractivity contribution in [2.45, 2.75) is 76.3 Å². The highest BCUT2D eigenvalue weighted by Crippen LogP contribution is 2.39. The van der Waals surface area contributed by atoms with E-state index in [4.69, 9.17) is 4.74 Å². The predicted octanol–water partition coefficient (Wildman–Crippen LogP) is 2.63. The number of piperidine rings is 1. The zero-order valence-corrected chi connectivity index (χ0v) is 17.9. The standard InChI is InChI=1S/C22H33N7O/c1-15(2)30-17-4-5-19-18(12-17)22(27-26-19)20-13-21(24-14-23-20)28-10-6-16(7-11-28)29-9-3-8-25-29/h3,8-9,13-19,22,26-27H,4-7,10-12H2,1-2H3. The summed E-state index contributed by atoms with van der Waals surface area (Å²) in [5, 5.41) is 4.41. The maximum Gasteiger partial charge on any atom is 0.132 e. The SMILES string of the molecule is CC(C)OC1CCC2NNC(c3cc(N4CCC(n5cccn5)CC4)ncn3)C2C1. The topological polar surface area (TPSA) is 80.1 Å². The van der Waals surface area contributed by atoms with Gasteiger partial charge in [0.15, 0.2) is 0 Å². The second-order valence-corrected chi connectivity index (χ2v) is 9.16. The minimum atomic E-state index is 0.205. The van der Waals surface area contributed by atoms with Crippen LogP contribution in [0.1, 0.15) is 63.7 Å². The van der Waals surface area contributed by atoms with E-state index in [0.29, 0.717) is 24.1 Å². The third kappa shape index (κ3) is 4.08. The molecule has 1 saturated carbocycles. The normalized spacial score (nSPS) is 30.0. The lowest BCUT2D eigenvalue weighted by atomic mass is 9.79. The number of hydrogen-bond donors (Lipinski definition) is 2. The predicted molar refractivity (Wildman–Crippen MR) is 115 cm³/mol. The summed E-state index contributed by atoms with van der Waals surface area (Å²) in [7, 11) is 0. The van der Waals surface area contributed by atoms with E-state index < -0.39 is 0 Å². The van der Waals surface area contributed by atoms with Crippen molar-refractivity contribution in [1.82, 2.24) is 30.6 Å². The Morgan fingerprint density at radius 2 is 1.97 bits per heavy atom. The first-order valence-corrected chi connectivity index (χ1v) is 11.4. The molecule has 0 spiro atoms. The number of aromatic nitrogens is 4. The Bertz CT molecular complexity index is 819. The molecule has 0 bridgehead atoms. The van der Waals surface area contributed by atoms with Crippen LogP contribution in [0.2, 0.25) is 0 Å². The van der Waals surface area contributed by atoms with Crippen molar-refractivity contribution < 1.29 is 4.74 Å². The van der Waals surface area contributed by atoms with E-state index in [9.17, 15) is 0 Å². The molecule has 2 aliphatic heterocycles. The van der Waals surface area contributed by atoms with Crippen LogP contribution in [0.25, 0.3) is 0 Å². The number of hydrogen-bond acceptors (Lipinski definition) is 7. The summed E-state index contributed by atoms with van der Waals surface area (Å²) in [6, 6.07) is 5.37. The van der Waals surface area contributed by atoms with Crippen molar-refractivity contribution in [2.75, 3.05) is 18.0 Å². The Labute approximate surface area is 178 Å². The number of nitrogens with one attached hydrogen (secondary N) is 2. The molecule has 5 rings (SSSR count). The van der Waals surface area contributed by atoms with Gasteiger partial charge in [0.05, 0.1) is 30.0 Å². The highest BCUT2D eigenvalue weighted by atomic mass is 16.5. The van der Waals surface area contributed by atoms with Gasteiger partial charge in [-0.2, -0.15) is 5.10 Å². The zero-order valence-electron chi connectivity index (χ0n) is 17.9. The molecule has 3 aliphatic rings. The van der Waals surface area contributed by atoms with Gasteiger partial charge in [-0.3, -0.25) is 10.1 Å². The summed E-state index contributed by atoms with van der Waals surface area (Å²) < 4.78 is 8.23. The van der Waals surface area contributed by atoms with Crippen LogP contribution in [-0.2, 0) is 4.74 Å². The maximum absolute atomic E-state index is 6.14. The van der Waals surface area contributed by atoms with Crippen molar-refractivity contribution in [3.05, 3.63) is 36.5 Å². The van der Waals surface area contributed by atoms with Crippen LogP contribution in [0.3, 0.4) is 0 Å². The van der Waals surface area contributed by atoms with Crippen LogP contribution >= 0.6 is 0 Å². The molecule has 0 amide bonds. The third-order valence-electron chi connectivity index (χ3n) is 6.85. The molecule has 0 aromatic carbocycles. The van der Waals surface area contributed by atoms with Gasteiger partial charge in [0.1, 0.15) is 12.1 Å². The molecule has 2 aromatic heterocycles. The van der Waals surface area contributed by atoms with Crippen molar-refractivity contribution in [1.29, 1.82) is 0 Å². The van der Waals surface area contributed by atoms with Crippen molar-refractivity contribution in [3.63, 3.8) is 0 Å². The lowest BCUT2D eigenvalue weighted by molar-refractivity contribution is -0.0276. The highest BCUT2D eigenvalue weighted by Gasteiger charge is 2.42. The van der Waals surface area contributed by atoms with Gasteiger partial charge < -0.3 is 9.64 Å². The van der Waals surface area contributed by atoms with Crippen LogP contribution in [-0.4, -0.2) is 51.1 Å². The Hall–Kier alpha value is -2.03. The van der Waals surface area contributed by atoms with Crippen LogP contribution in [0.5, 0.6) is 0 Å². The smallest absolute Gasteiger partial charge is 0.132 e. The third-order valence-corrected chi connectivity index (χ3v) is 6.85. The summed E-state index contributed by atoms with van der Waals surface area (Å²) in [5.74, 6) is 1.53. The van der Waals surface area contributed by atoms with Gasteiger partial charge in [-0.15, -0.1) is 0 Å². The first-order chi connectivity index (χ1) is 14.7. The van der Waals surface area contributed by atoms with E-state index >= 15 is 0 Å². The summed E-state index contributed by atoms with van der Waals surface area (Å²) in [6.07, 6.45) is 11.8. The van der Waals surface area contributed by atoms with Gasteiger partial charge in [-0.25, -0.2) is 15.4 Å². The fraction of sp³-hybridized carbons (Fsp3) is 0.682. The lowest BCUT2D eigenvalue weighted by Gasteiger charge is -2.34. The molecule has 4 unspecified atom stereocenters. The van der Waals surface area contributed by atoms with Crippen LogP contribution < -0.4 is 15.8 Å². The van der Waals surface area contributed by atoms with Crippen LogP contribution in [0.4, 0.5) is 5.82 Å². The Morgan fingerprint density at radius 3 is 2.73 bits per heavy atom. The largest absolute Gasteiger partial charge is 0.376 e. The minimum absolute atomic E-state index is 0.205. The molecular formula is C22H33N7O. The summed E-state index contributed by atoms with van der Waals surface area (Å²) in [5.41, 5.74) is 8.11. The number of anilines is 1. The second-order valence-electron chi connectivity index (χ2n) is 9.16. The highest BCUT2D eigenvalue weighted by molar-refractivity contribution is 5.40.